The zero-order valence-corrected chi connectivity index (χ0v) is 14.5. The lowest BCUT2D eigenvalue weighted by Crippen LogP contribution is -2.37. The van der Waals surface area contributed by atoms with E-state index in [1.165, 1.54) is 5.57 Å². The summed E-state index contributed by atoms with van der Waals surface area (Å²) in [5, 5.41) is 0. The van der Waals surface area contributed by atoms with Crippen LogP contribution in [0.1, 0.15) is 32.8 Å². The number of carbonyl (C=O) groups is 1. The van der Waals surface area contributed by atoms with E-state index in [9.17, 15) is 4.79 Å². The zero-order chi connectivity index (χ0) is 17.2. The van der Waals surface area contributed by atoms with Gasteiger partial charge in [-0.1, -0.05) is 69.0 Å². The van der Waals surface area contributed by atoms with Crippen molar-refractivity contribution in [1.29, 1.82) is 0 Å². The largest absolute Gasteiger partial charge is 0.445 e. The van der Waals surface area contributed by atoms with Crippen molar-refractivity contribution in [2.24, 2.45) is 0 Å². The monoisotopic (exact) mass is 313 g/mol. The van der Waals surface area contributed by atoms with Crippen LogP contribution in [0.5, 0.6) is 0 Å². The van der Waals surface area contributed by atoms with Crippen molar-refractivity contribution in [2.45, 2.75) is 33.8 Å². The molecule has 2 rings (SSSR count). The number of amides is 1. The average Bonchev–Trinajstić information content (AvgIpc) is 2.61. The molecule has 1 amide bonds. The first-order valence-corrected chi connectivity index (χ1v) is 8.07. The standard InChI is InChI=1S/C18H21NO2.C2H6/c1-4-16-10-11-19(12-17(16)14(2)3)18(20)21-13-15-8-6-5-7-9-15;1-2/h4-9H,1-2,10-13H2,3H3;1-2H3. The summed E-state index contributed by atoms with van der Waals surface area (Å²) in [5.41, 5.74) is 4.23. The molecule has 1 heterocycles. The lowest BCUT2D eigenvalue weighted by Gasteiger charge is -2.29. The molecule has 0 bridgehead atoms. The lowest BCUT2D eigenvalue weighted by atomic mass is 9.96. The Morgan fingerprint density at radius 3 is 2.52 bits per heavy atom. The van der Waals surface area contributed by atoms with Gasteiger partial charge in [-0.25, -0.2) is 4.79 Å². The third kappa shape index (κ3) is 5.44. The van der Waals surface area contributed by atoms with Gasteiger partial charge in [-0.3, -0.25) is 0 Å². The summed E-state index contributed by atoms with van der Waals surface area (Å²) >= 11 is 0. The number of ether oxygens (including phenoxy) is 1. The molecule has 1 aliphatic heterocycles. The van der Waals surface area contributed by atoms with Gasteiger partial charge in [0.2, 0.25) is 0 Å². The fourth-order valence-electron chi connectivity index (χ4n) is 2.38. The molecule has 0 unspecified atom stereocenters. The first-order chi connectivity index (χ1) is 11.1. The minimum atomic E-state index is -0.277. The normalized spacial score (nSPS) is 13.8. The van der Waals surface area contributed by atoms with Crippen LogP contribution in [0.4, 0.5) is 4.79 Å². The number of hydrogen-bond acceptors (Lipinski definition) is 2. The Bertz CT molecular complexity index is 573. The SMILES string of the molecule is C=CC1=C(C(=C)C)CN(C(=O)OCc2ccccc2)CC1.CC. The molecule has 124 valence electrons. The highest BCUT2D eigenvalue weighted by atomic mass is 16.6. The summed E-state index contributed by atoms with van der Waals surface area (Å²) in [6.07, 6.45) is 2.38. The molecule has 0 fully saturated rings. The number of allylic oxidation sites excluding steroid dienone is 1. The third-order valence-corrected chi connectivity index (χ3v) is 3.61. The Balaban J connectivity index is 0.00000127. The first-order valence-electron chi connectivity index (χ1n) is 8.07. The van der Waals surface area contributed by atoms with Crippen LogP contribution in [0.15, 0.2) is 66.3 Å². The predicted octanol–water partition coefficient (Wildman–Crippen LogP) is 5.11. The average molecular weight is 313 g/mol. The van der Waals surface area contributed by atoms with E-state index in [1.807, 2.05) is 57.2 Å². The van der Waals surface area contributed by atoms with E-state index in [1.54, 1.807) is 4.90 Å². The number of rotatable bonds is 4. The number of carbonyl (C=O) groups excluding carboxylic acids is 1. The molecule has 0 aliphatic carbocycles. The fourth-order valence-corrected chi connectivity index (χ4v) is 2.38. The summed E-state index contributed by atoms with van der Waals surface area (Å²) in [7, 11) is 0. The Morgan fingerprint density at radius 2 is 1.96 bits per heavy atom. The minimum absolute atomic E-state index is 0.277. The second-order valence-corrected chi connectivity index (χ2v) is 5.20. The summed E-state index contributed by atoms with van der Waals surface area (Å²) in [6.45, 7) is 15.3. The van der Waals surface area contributed by atoms with Crippen molar-refractivity contribution in [3.05, 3.63) is 71.8 Å². The Kier molecular flexibility index (Phi) is 7.89. The van der Waals surface area contributed by atoms with Gasteiger partial charge in [-0.2, -0.15) is 0 Å². The van der Waals surface area contributed by atoms with Crippen molar-refractivity contribution in [1.82, 2.24) is 4.90 Å². The quantitative estimate of drug-likeness (QED) is 0.772. The highest BCUT2D eigenvalue weighted by Crippen LogP contribution is 2.24. The minimum Gasteiger partial charge on any atom is -0.445 e. The van der Waals surface area contributed by atoms with Crippen molar-refractivity contribution in [2.75, 3.05) is 13.1 Å². The van der Waals surface area contributed by atoms with Crippen LogP contribution < -0.4 is 0 Å². The van der Waals surface area contributed by atoms with Crippen molar-refractivity contribution in [3.8, 4) is 0 Å². The molecular formula is C20H27NO2. The number of benzene rings is 1. The summed E-state index contributed by atoms with van der Waals surface area (Å²) in [5.74, 6) is 0. The third-order valence-electron chi connectivity index (χ3n) is 3.61. The van der Waals surface area contributed by atoms with Crippen LogP contribution in [0, 0.1) is 0 Å². The van der Waals surface area contributed by atoms with E-state index >= 15 is 0 Å². The van der Waals surface area contributed by atoms with Gasteiger partial charge in [0, 0.05) is 13.1 Å². The van der Waals surface area contributed by atoms with Gasteiger partial charge in [-0.05, 0) is 30.1 Å². The Morgan fingerprint density at radius 1 is 1.30 bits per heavy atom. The molecule has 3 heteroatoms. The van der Waals surface area contributed by atoms with Gasteiger partial charge >= 0.3 is 6.09 Å². The number of nitrogens with zero attached hydrogens (tertiary/aromatic N) is 1. The summed E-state index contributed by atoms with van der Waals surface area (Å²) in [4.78, 5) is 13.9. The summed E-state index contributed by atoms with van der Waals surface area (Å²) < 4.78 is 5.37. The van der Waals surface area contributed by atoms with Gasteiger partial charge in [0.15, 0.2) is 0 Å². The second kappa shape index (κ2) is 9.67. The highest BCUT2D eigenvalue weighted by molar-refractivity contribution is 5.69. The molecule has 0 aromatic heterocycles. The van der Waals surface area contributed by atoms with E-state index in [-0.39, 0.29) is 6.09 Å². The Hall–Kier alpha value is -2.29. The van der Waals surface area contributed by atoms with Gasteiger partial charge in [0.1, 0.15) is 6.61 Å². The Labute approximate surface area is 140 Å². The van der Waals surface area contributed by atoms with Crippen LogP contribution >= 0.6 is 0 Å². The van der Waals surface area contributed by atoms with Gasteiger partial charge in [-0.15, -0.1) is 0 Å². The summed E-state index contributed by atoms with van der Waals surface area (Å²) in [6, 6.07) is 9.69. The molecule has 0 atom stereocenters. The topological polar surface area (TPSA) is 29.5 Å². The van der Waals surface area contributed by atoms with Crippen LogP contribution in [0.25, 0.3) is 0 Å². The molecule has 0 N–H and O–H groups in total. The molecule has 3 nitrogen and oxygen atoms in total. The van der Waals surface area contributed by atoms with Gasteiger partial charge < -0.3 is 9.64 Å². The lowest BCUT2D eigenvalue weighted by molar-refractivity contribution is 0.0982. The highest BCUT2D eigenvalue weighted by Gasteiger charge is 2.22. The number of hydrogen-bond donors (Lipinski definition) is 0. The van der Waals surface area contributed by atoms with Crippen LogP contribution in [-0.4, -0.2) is 24.1 Å². The van der Waals surface area contributed by atoms with E-state index in [2.05, 4.69) is 13.2 Å². The van der Waals surface area contributed by atoms with Crippen LogP contribution in [0.2, 0.25) is 0 Å². The molecule has 1 aliphatic rings. The van der Waals surface area contributed by atoms with Crippen LogP contribution in [0.3, 0.4) is 0 Å². The molecule has 23 heavy (non-hydrogen) atoms. The zero-order valence-electron chi connectivity index (χ0n) is 14.5. The molecule has 0 radical (unpaired) electrons. The molecule has 0 spiro atoms. The van der Waals surface area contributed by atoms with E-state index < -0.39 is 0 Å². The molecule has 0 saturated heterocycles. The van der Waals surface area contributed by atoms with Crippen molar-refractivity contribution < 1.29 is 9.53 Å². The van der Waals surface area contributed by atoms with Crippen molar-refractivity contribution in [3.63, 3.8) is 0 Å². The second-order valence-electron chi connectivity index (χ2n) is 5.20. The molecular weight excluding hydrogens is 286 g/mol. The maximum absolute atomic E-state index is 12.2. The van der Waals surface area contributed by atoms with Crippen LogP contribution in [-0.2, 0) is 11.3 Å². The maximum atomic E-state index is 12.2. The molecule has 1 aromatic rings. The smallest absolute Gasteiger partial charge is 0.410 e. The van der Waals surface area contributed by atoms with Gasteiger partial charge in [0.25, 0.3) is 0 Å². The molecule has 0 saturated carbocycles. The van der Waals surface area contributed by atoms with E-state index in [0.29, 0.717) is 19.7 Å². The van der Waals surface area contributed by atoms with E-state index in [0.717, 1.165) is 23.1 Å². The maximum Gasteiger partial charge on any atom is 0.410 e. The molecule has 1 aromatic carbocycles. The fraction of sp³-hybridized carbons (Fsp3) is 0.350. The van der Waals surface area contributed by atoms with E-state index in [4.69, 9.17) is 4.74 Å². The van der Waals surface area contributed by atoms with Crippen molar-refractivity contribution >= 4 is 6.09 Å². The first kappa shape index (κ1) is 18.8. The predicted molar refractivity (Wildman–Crippen MR) is 96.2 cm³/mol. The van der Waals surface area contributed by atoms with Gasteiger partial charge in [0.05, 0.1) is 0 Å².